The highest BCUT2D eigenvalue weighted by molar-refractivity contribution is 9.10. The van der Waals surface area contributed by atoms with Gasteiger partial charge in [0.25, 0.3) is 5.69 Å². The summed E-state index contributed by atoms with van der Waals surface area (Å²) in [5, 5.41) is 25.0. The lowest BCUT2D eigenvalue weighted by Gasteiger charge is -2.10. The fraction of sp³-hybridized carbons (Fsp3) is 0.417. The molecule has 1 rings (SSSR count). The van der Waals surface area contributed by atoms with Crippen molar-refractivity contribution < 1.29 is 14.8 Å². The number of nitro benzene ring substituents is 1. The smallest absolute Gasteiger partial charge is 0.319 e. The zero-order valence-corrected chi connectivity index (χ0v) is 12.7. The molecule has 0 radical (unpaired) electrons. The molecule has 0 bridgehead atoms. The molecular formula is C12H16BrN3O4. The first-order valence-electron chi connectivity index (χ1n) is 5.98. The Balaban J connectivity index is 2.74. The highest BCUT2D eigenvalue weighted by atomic mass is 79.9. The van der Waals surface area contributed by atoms with Gasteiger partial charge in [0.15, 0.2) is 0 Å². The third-order valence-corrected chi connectivity index (χ3v) is 3.23. The minimum atomic E-state index is -0.502. The van der Waals surface area contributed by atoms with Crippen LogP contribution in [0.4, 0.5) is 16.2 Å². The summed E-state index contributed by atoms with van der Waals surface area (Å²) in [5.74, 6) is 0. The second kappa shape index (κ2) is 7.20. The molecular weight excluding hydrogens is 330 g/mol. The maximum Gasteiger partial charge on any atom is 0.319 e. The number of benzene rings is 1. The molecule has 2 amide bonds. The molecule has 0 aliphatic rings. The lowest BCUT2D eigenvalue weighted by Crippen LogP contribution is -2.31. The quantitative estimate of drug-likeness (QED) is 0.563. The van der Waals surface area contributed by atoms with Gasteiger partial charge in [0, 0.05) is 22.6 Å². The predicted molar refractivity (Wildman–Crippen MR) is 78.9 cm³/mol. The highest BCUT2D eigenvalue weighted by Crippen LogP contribution is 2.30. The van der Waals surface area contributed by atoms with Crippen LogP contribution >= 0.6 is 15.9 Å². The number of nitro groups is 1. The molecule has 1 aromatic carbocycles. The maximum atomic E-state index is 11.6. The first kappa shape index (κ1) is 16.4. The van der Waals surface area contributed by atoms with Crippen molar-refractivity contribution in [3.8, 4) is 0 Å². The van der Waals surface area contributed by atoms with E-state index >= 15 is 0 Å². The molecule has 0 fully saturated rings. The van der Waals surface area contributed by atoms with Gasteiger partial charge in [-0.15, -0.1) is 0 Å². The summed E-state index contributed by atoms with van der Waals surface area (Å²) in [7, 11) is 0. The summed E-state index contributed by atoms with van der Waals surface area (Å²) in [6, 6.07) is 2.39. The SMILES string of the molecule is Cc1cc(Br)c(NC(=O)NCC[C@@H](C)O)cc1[N+](=O)[O-]. The zero-order valence-electron chi connectivity index (χ0n) is 11.1. The highest BCUT2D eigenvalue weighted by Gasteiger charge is 2.15. The van der Waals surface area contributed by atoms with Crippen molar-refractivity contribution in [3.05, 3.63) is 32.3 Å². The molecule has 3 N–H and O–H groups in total. The lowest BCUT2D eigenvalue weighted by atomic mass is 10.2. The number of aryl methyl sites for hydroxylation is 1. The normalized spacial score (nSPS) is 11.8. The van der Waals surface area contributed by atoms with E-state index in [-0.39, 0.29) is 5.69 Å². The summed E-state index contributed by atoms with van der Waals surface area (Å²) in [4.78, 5) is 22.0. The fourth-order valence-corrected chi connectivity index (χ4v) is 2.07. The van der Waals surface area contributed by atoms with Crippen molar-refractivity contribution in [3.63, 3.8) is 0 Å². The van der Waals surface area contributed by atoms with Crippen LogP contribution in [-0.4, -0.2) is 28.7 Å². The van der Waals surface area contributed by atoms with E-state index < -0.39 is 17.1 Å². The first-order valence-corrected chi connectivity index (χ1v) is 6.78. The van der Waals surface area contributed by atoms with Gasteiger partial charge in [-0.25, -0.2) is 4.79 Å². The van der Waals surface area contributed by atoms with Crippen LogP contribution in [0.5, 0.6) is 0 Å². The molecule has 0 spiro atoms. The number of carbonyl (C=O) groups excluding carboxylic acids is 1. The van der Waals surface area contributed by atoms with Gasteiger partial charge in [0.1, 0.15) is 0 Å². The van der Waals surface area contributed by atoms with Gasteiger partial charge in [-0.05, 0) is 42.3 Å². The number of aliphatic hydroxyl groups excluding tert-OH is 1. The van der Waals surface area contributed by atoms with Gasteiger partial charge in [-0.1, -0.05) is 0 Å². The molecule has 20 heavy (non-hydrogen) atoms. The van der Waals surface area contributed by atoms with E-state index in [1.165, 1.54) is 6.07 Å². The van der Waals surface area contributed by atoms with E-state index in [9.17, 15) is 14.9 Å². The number of nitrogens with zero attached hydrogens (tertiary/aromatic N) is 1. The van der Waals surface area contributed by atoms with Crippen LogP contribution in [0.25, 0.3) is 0 Å². The average Bonchev–Trinajstić information content (AvgIpc) is 2.31. The number of halogens is 1. The largest absolute Gasteiger partial charge is 0.393 e. The van der Waals surface area contributed by atoms with Crippen LogP contribution < -0.4 is 10.6 Å². The molecule has 1 atom stereocenters. The molecule has 0 heterocycles. The van der Waals surface area contributed by atoms with Crippen molar-refractivity contribution in [1.82, 2.24) is 5.32 Å². The number of hydrogen-bond donors (Lipinski definition) is 3. The predicted octanol–water partition coefficient (Wildman–Crippen LogP) is 2.56. The van der Waals surface area contributed by atoms with Crippen molar-refractivity contribution in [2.75, 3.05) is 11.9 Å². The van der Waals surface area contributed by atoms with E-state index in [2.05, 4.69) is 26.6 Å². The van der Waals surface area contributed by atoms with E-state index in [1.807, 2.05) is 0 Å². The van der Waals surface area contributed by atoms with Crippen molar-refractivity contribution in [2.24, 2.45) is 0 Å². The molecule has 0 saturated carbocycles. The fourth-order valence-electron chi connectivity index (χ4n) is 1.51. The molecule has 0 unspecified atom stereocenters. The van der Waals surface area contributed by atoms with Crippen molar-refractivity contribution >= 4 is 33.3 Å². The van der Waals surface area contributed by atoms with Crippen molar-refractivity contribution in [1.29, 1.82) is 0 Å². The third-order valence-electron chi connectivity index (χ3n) is 2.58. The summed E-state index contributed by atoms with van der Waals surface area (Å²) in [6.07, 6.45) is -0.0645. The minimum absolute atomic E-state index is 0.0625. The van der Waals surface area contributed by atoms with Gasteiger partial charge >= 0.3 is 6.03 Å². The number of aliphatic hydroxyl groups is 1. The maximum absolute atomic E-state index is 11.6. The van der Waals surface area contributed by atoms with E-state index in [0.717, 1.165) is 0 Å². The Labute approximate surface area is 124 Å². The summed E-state index contributed by atoms with van der Waals surface area (Å²) < 4.78 is 0.561. The molecule has 0 aromatic heterocycles. The number of nitrogens with one attached hydrogen (secondary N) is 2. The zero-order chi connectivity index (χ0) is 15.3. The number of urea groups is 1. The Bertz CT molecular complexity index is 520. The van der Waals surface area contributed by atoms with Gasteiger partial charge in [0.05, 0.1) is 16.7 Å². The number of hydrogen-bond acceptors (Lipinski definition) is 4. The van der Waals surface area contributed by atoms with Crippen LogP contribution in [0.15, 0.2) is 16.6 Å². The second-order valence-corrected chi connectivity index (χ2v) is 5.25. The Morgan fingerprint density at radius 1 is 1.55 bits per heavy atom. The molecule has 7 nitrogen and oxygen atoms in total. The molecule has 0 saturated heterocycles. The van der Waals surface area contributed by atoms with Crippen LogP contribution in [0.2, 0.25) is 0 Å². The minimum Gasteiger partial charge on any atom is -0.393 e. The van der Waals surface area contributed by atoms with E-state index in [0.29, 0.717) is 28.7 Å². The average molecular weight is 346 g/mol. The third kappa shape index (κ3) is 4.78. The number of amides is 2. The Kier molecular flexibility index (Phi) is 5.90. The van der Waals surface area contributed by atoms with Gasteiger partial charge in [-0.3, -0.25) is 10.1 Å². The monoisotopic (exact) mass is 345 g/mol. The molecule has 110 valence electrons. The molecule has 1 aromatic rings. The first-order chi connectivity index (χ1) is 9.31. The second-order valence-electron chi connectivity index (χ2n) is 4.39. The van der Waals surface area contributed by atoms with Crippen LogP contribution in [-0.2, 0) is 0 Å². The summed E-state index contributed by atoms with van der Waals surface area (Å²) in [5.41, 5.74) is 0.756. The molecule has 8 heteroatoms. The lowest BCUT2D eigenvalue weighted by molar-refractivity contribution is -0.385. The number of anilines is 1. The number of rotatable bonds is 5. The summed E-state index contributed by atoms with van der Waals surface area (Å²) >= 11 is 3.25. The topological polar surface area (TPSA) is 104 Å². The van der Waals surface area contributed by atoms with Crippen LogP contribution in [0.1, 0.15) is 18.9 Å². The standard InChI is InChI=1S/C12H16BrN3O4/c1-7-5-9(13)10(6-11(7)16(19)20)15-12(18)14-4-3-8(2)17/h5-6,8,17H,3-4H2,1-2H3,(H2,14,15,18)/t8-/m1/s1. The molecule has 0 aliphatic carbocycles. The molecule has 0 aliphatic heterocycles. The Morgan fingerprint density at radius 3 is 2.75 bits per heavy atom. The van der Waals surface area contributed by atoms with Gasteiger partial charge in [-0.2, -0.15) is 0 Å². The van der Waals surface area contributed by atoms with Crippen LogP contribution in [0, 0.1) is 17.0 Å². The van der Waals surface area contributed by atoms with Gasteiger partial charge < -0.3 is 15.7 Å². The van der Waals surface area contributed by atoms with Crippen LogP contribution in [0.3, 0.4) is 0 Å². The van der Waals surface area contributed by atoms with Gasteiger partial charge in [0.2, 0.25) is 0 Å². The Morgan fingerprint density at radius 2 is 2.20 bits per heavy atom. The summed E-state index contributed by atoms with van der Waals surface area (Å²) in [6.45, 7) is 3.56. The van der Waals surface area contributed by atoms with E-state index in [1.54, 1.807) is 19.9 Å². The van der Waals surface area contributed by atoms with E-state index in [4.69, 9.17) is 5.11 Å². The van der Waals surface area contributed by atoms with Crippen molar-refractivity contribution in [2.45, 2.75) is 26.4 Å². The Hall–Kier alpha value is -1.67. The number of carbonyl (C=O) groups is 1.